The third kappa shape index (κ3) is 3.64. The Morgan fingerprint density at radius 3 is 2.61 bits per heavy atom. The van der Waals surface area contributed by atoms with Gasteiger partial charge in [0.15, 0.2) is 5.66 Å². The summed E-state index contributed by atoms with van der Waals surface area (Å²) in [4.78, 5) is 19.8. The number of rotatable bonds is 3. The quantitative estimate of drug-likeness (QED) is 0.664. The van der Waals surface area contributed by atoms with Crippen LogP contribution in [0.4, 0.5) is 14.5 Å². The molecule has 1 amide bonds. The van der Waals surface area contributed by atoms with Gasteiger partial charge in [-0.1, -0.05) is 0 Å². The molecule has 28 heavy (non-hydrogen) atoms. The average molecular weight is 410 g/mol. The normalized spacial score (nSPS) is 21.1. The molecule has 2 aromatic rings. The number of guanidine groups is 1. The number of anilines is 1. The number of nitrogens with one attached hydrogen (secondary N) is 1. The Kier molecular flexibility index (Phi) is 4.77. The highest BCUT2D eigenvalue weighted by atomic mass is 32.2. The van der Waals surface area contributed by atoms with Gasteiger partial charge in [0.25, 0.3) is 5.91 Å². The van der Waals surface area contributed by atoms with Crippen molar-refractivity contribution in [1.29, 1.82) is 0 Å². The fraction of sp³-hybridized carbons (Fsp3) is 0.188. The van der Waals surface area contributed by atoms with Crippen LogP contribution in [0, 0.1) is 11.6 Å². The van der Waals surface area contributed by atoms with Crippen molar-refractivity contribution in [3.05, 3.63) is 59.4 Å². The second-order valence-electron chi connectivity index (χ2n) is 6.13. The van der Waals surface area contributed by atoms with Crippen molar-refractivity contribution >= 4 is 27.6 Å². The Morgan fingerprint density at radius 1 is 1.29 bits per heavy atom. The van der Waals surface area contributed by atoms with Crippen LogP contribution in [0.5, 0.6) is 0 Å². The summed E-state index contributed by atoms with van der Waals surface area (Å²) in [6.07, 6.45) is 0.876. The first-order valence-electron chi connectivity index (χ1n) is 7.85. The Morgan fingerprint density at radius 2 is 2.00 bits per heavy atom. The molecular formula is C16H16F2N6O3S. The van der Waals surface area contributed by atoms with E-state index in [9.17, 15) is 22.0 Å². The first-order chi connectivity index (χ1) is 13.0. The number of aromatic nitrogens is 1. The Labute approximate surface area is 159 Å². The monoisotopic (exact) mass is 410 g/mol. The smallest absolute Gasteiger partial charge is 0.274 e. The van der Waals surface area contributed by atoms with Crippen molar-refractivity contribution in [3.8, 4) is 0 Å². The minimum atomic E-state index is -3.91. The zero-order valence-electron chi connectivity index (χ0n) is 14.6. The van der Waals surface area contributed by atoms with Crippen LogP contribution in [0.2, 0.25) is 0 Å². The zero-order valence-corrected chi connectivity index (χ0v) is 15.4. The number of carbonyl (C=O) groups excluding carboxylic acids is 1. The Balaban J connectivity index is 1.96. The molecule has 2 heterocycles. The summed E-state index contributed by atoms with van der Waals surface area (Å²) in [6.45, 7) is 0. The number of amides is 1. The summed E-state index contributed by atoms with van der Waals surface area (Å²) in [5.41, 5.74) is 9.46. The fourth-order valence-corrected chi connectivity index (χ4v) is 3.90. The summed E-state index contributed by atoms with van der Waals surface area (Å²) >= 11 is 0. The highest BCUT2D eigenvalue weighted by Crippen LogP contribution is 2.31. The number of nitrogens with two attached hydrogens (primary N) is 2. The van der Waals surface area contributed by atoms with E-state index in [2.05, 4.69) is 15.3 Å². The van der Waals surface area contributed by atoms with E-state index in [4.69, 9.17) is 11.5 Å². The molecule has 3 rings (SSSR count). The molecule has 1 aromatic heterocycles. The van der Waals surface area contributed by atoms with Gasteiger partial charge in [-0.3, -0.25) is 4.79 Å². The molecule has 1 aliphatic heterocycles. The average Bonchev–Trinajstić information content (AvgIpc) is 2.61. The van der Waals surface area contributed by atoms with Crippen LogP contribution in [0.25, 0.3) is 0 Å². The van der Waals surface area contributed by atoms with Gasteiger partial charge in [0.05, 0.1) is 6.20 Å². The molecule has 0 fully saturated rings. The predicted molar refractivity (Wildman–Crippen MR) is 97.6 cm³/mol. The fourth-order valence-electron chi connectivity index (χ4n) is 2.60. The lowest BCUT2D eigenvalue weighted by Gasteiger charge is -2.34. The van der Waals surface area contributed by atoms with Gasteiger partial charge in [-0.25, -0.2) is 31.5 Å². The van der Waals surface area contributed by atoms with Gasteiger partial charge in [-0.2, -0.15) is 0 Å². The van der Waals surface area contributed by atoms with Gasteiger partial charge in [0.2, 0.25) is 16.0 Å². The summed E-state index contributed by atoms with van der Waals surface area (Å²) in [7, 11) is -2.71. The minimum absolute atomic E-state index is 0.0705. The summed E-state index contributed by atoms with van der Waals surface area (Å²) in [5, 5.41) is 2.46. The lowest BCUT2D eigenvalue weighted by molar-refractivity contribution is 0.102. The molecule has 0 spiro atoms. The van der Waals surface area contributed by atoms with Crippen LogP contribution in [-0.4, -0.2) is 42.4 Å². The number of carbonyl (C=O) groups is 1. The molecule has 1 aromatic carbocycles. The molecular weight excluding hydrogens is 394 g/mol. The highest BCUT2D eigenvalue weighted by Gasteiger charge is 2.42. The molecule has 12 heteroatoms. The molecule has 0 bridgehead atoms. The van der Waals surface area contributed by atoms with Crippen molar-refractivity contribution in [2.75, 3.05) is 18.1 Å². The van der Waals surface area contributed by atoms with Crippen LogP contribution in [-0.2, 0) is 15.7 Å². The topological polar surface area (TPSA) is 144 Å². The molecule has 5 N–H and O–H groups in total. The lowest BCUT2D eigenvalue weighted by Crippen LogP contribution is -2.55. The van der Waals surface area contributed by atoms with E-state index < -0.39 is 44.9 Å². The van der Waals surface area contributed by atoms with Crippen molar-refractivity contribution in [2.45, 2.75) is 5.66 Å². The lowest BCUT2D eigenvalue weighted by atomic mass is 10.0. The molecule has 1 aliphatic rings. The van der Waals surface area contributed by atoms with Gasteiger partial charge in [-0.05, 0) is 30.3 Å². The highest BCUT2D eigenvalue weighted by molar-refractivity contribution is 7.89. The molecule has 0 radical (unpaired) electrons. The molecule has 0 saturated heterocycles. The second kappa shape index (κ2) is 6.80. The van der Waals surface area contributed by atoms with Crippen LogP contribution in [0.1, 0.15) is 16.1 Å². The van der Waals surface area contributed by atoms with Gasteiger partial charge in [0, 0.05) is 18.3 Å². The van der Waals surface area contributed by atoms with Crippen LogP contribution < -0.4 is 16.8 Å². The van der Waals surface area contributed by atoms with Crippen LogP contribution in [0.15, 0.2) is 41.5 Å². The molecule has 0 saturated carbocycles. The predicted octanol–water partition coefficient (Wildman–Crippen LogP) is 0.313. The first kappa shape index (κ1) is 19.6. The van der Waals surface area contributed by atoms with Crippen LogP contribution in [0.3, 0.4) is 0 Å². The largest absolute Gasteiger partial charge is 0.369 e. The van der Waals surface area contributed by atoms with Crippen molar-refractivity contribution < 1.29 is 22.0 Å². The summed E-state index contributed by atoms with van der Waals surface area (Å²) in [5.74, 6) is -3.22. The Bertz CT molecular complexity index is 1070. The summed E-state index contributed by atoms with van der Waals surface area (Å²) < 4.78 is 52.5. The first-order valence-corrected chi connectivity index (χ1v) is 9.46. The van der Waals surface area contributed by atoms with Crippen molar-refractivity contribution in [3.63, 3.8) is 0 Å². The van der Waals surface area contributed by atoms with E-state index in [1.807, 2.05) is 0 Å². The van der Waals surface area contributed by atoms with E-state index in [0.29, 0.717) is 0 Å². The van der Waals surface area contributed by atoms with Gasteiger partial charge < -0.3 is 16.8 Å². The molecule has 9 nitrogen and oxygen atoms in total. The number of halogens is 2. The maximum Gasteiger partial charge on any atom is 0.274 e. The Hall–Kier alpha value is -3.12. The maximum atomic E-state index is 14.4. The molecule has 0 unspecified atom stereocenters. The van der Waals surface area contributed by atoms with E-state index in [1.165, 1.54) is 19.2 Å². The zero-order chi connectivity index (χ0) is 20.7. The van der Waals surface area contributed by atoms with E-state index in [1.54, 1.807) is 0 Å². The third-order valence-corrected chi connectivity index (χ3v) is 5.93. The summed E-state index contributed by atoms with van der Waals surface area (Å²) in [6, 6.07) is 5.66. The number of hydrogen-bond donors (Lipinski definition) is 3. The number of pyridine rings is 1. The molecule has 148 valence electrons. The SMILES string of the molecule is CN1C(N)=N[C@](N)(c2cc(NC(=O)c3ccc(F)cn3)ccc2F)CS1(=O)=O. The number of benzene rings is 1. The van der Waals surface area contributed by atoms with Gasteiger partial charge in [0.1, 0.15) is 23.1 Å². The van der Waals surface area contributed by atoms with Crippen LogP contribution >= 0.6 is 0 Å². The number of aliphatic imine (C=N–C) groups is 1. The number of hydrogen-bond acceptors (Lipinski definition) is 7. The standard InChI is InChI=1S/C16H16F2N6O3S/c1-24-15(19)23-16(20,8-28(24,26)27)11-6-10(3-4-12(11)18)22-14(25)13-5-2-9(17)7-21-13/h2-7H,8,20H2,1H3,(H2,19,23)(H,22,25)/t16-/m0/s1. The van der Waals surface area contributed by atoms with E-state index >= 15 is 0 Å². The number of nitrogens with zero attached hydrogens (tertiary/aromatic N) is 3. The maximum absolute atomic E-state index is 14.4. The van der Waals surface area contributed by atoms with E-state index in [-0.39, 0.29) is 16.9 Å². The van der Waals surface area contributed by atoms with Crippen molar-refractivity contribution in [2.24, 2.45) is 16.5 Å². The van der Waals surface area contributed by atoms with E-state index in [0.717, 1.165) is 28.7 Å². The minimum Gasteiger partial charge on any atom is -0.369 e. The third-order valence-electron chi connectivity index (χ3n) is 4.11. The molecule has 0 aliphatic carbocycles. The van der Waals surface area contributed by atoms with Crippen molar-refractivity contribution in [1.82, 2.24) is 9.29 Å². The van der Waals surface area contributed by atoms with Gasteiger partial charge >= 0.3 is 0 Å². The molecule has 1 atom stereocenters. The number of sulfonamides is 1. The second-order valence-corrected chi connectivity index (χ2v) is 8.13. The van der Waals surface area contributed by atoms with Gasteiger partial charge in [-0.15, -0.1) is 0 Å².